The van der Waals surface area contributed by atoms with Gasteiger partial charge in [0.25, 0.3) is 8.53 Å². The molecule has 3 atom stereocenters. The summed E-state index contributed by atoms with van der Waals surface area (Å²) in [5, 5.41) is 9.34. The highest BCUT2D eigenvalue weighted by Gasteiger charge is 2.49. The Morgan fingerprint density at radius 2 is 1.73 bits per heavy atom. The van der Waals surface area contributed by atoms with Gasteiger partial charge in [0.2, 0.25) is 0 Å². The predicted molar refractivity (Wildman–Crippen MR) is 134 cm³/mol. The van der Waals surface area contributed by atoms with Gasteiger partial charge >= 0.3 is 0 Å². The van der Waals surface area contributed by atoms with Crippen LogP contribution < -0.4 is 5.73 Å². The van der Waals surface area contributed by atoms with Crippen LogP contribution in [-0.2, 0) is 9.05 Å². The molecule has 1 saturated heterocycles. The van der Waals surface area contributed by atoms with Crippen LogP contribution in [0.5, 0.6) is 0 Å². The Morgan fingerprint density at radius 3 is 2.20 bits per heavy atom. The Morgan fingerprint density at radius 1 is 1.17 bits per heavy atom. The standard InChI is InChI=1S/C22H44N3O2PS2/c1-16(2)25(17(3)4)28(26-13-11-12-23)27-19-18(29-30-22(19,9)10)14-20(5,6)15-21(7,8)24/h16-19H,11,13-15,24H2,1-10H3. The van der Waals surface area contributed by atoms with Crippen LogP contribution in [0.25, 0.3) is 0 Å². The van der Waals surface area contributed by atoms with Crippen molar-refractivity contribution in [1.29, 1.82) is 5.26 Å². The number of nitrogens with two attached hydrogens (primary N) is 1. The fraction of sp³-hybridized carbons (Fsp3) is 0.955. The summed E-state index contributed by atoms with van der Waals surface area (Å²) in [6.07, 6.45) is 2.46. The topological polar surface area (TPSA) is 71.5 Å². The quantitative estimate of drug-likeness (QED) is 0.190. The molecule has 176 valence electrons. The van der Waals surface area contributed by atoms with Crippen molar-refractivity contribution in [3.05, 3.63) is 0 Å². The summed E-state index contributed by atoms with van der Waals surface area (Å²) in [6, 6.07) is 2.79. The third-order valence-corrected chi connectivity index (χ3v) is 10.8. The van der Waals surface area contributed by atoms with Crippen LogP contribution in [0.1, 0.15) is 88.5 Å². The van der Waals surface area contributed by atoms with E-state index in [1.165, 1.54) is 0 Å². The first-order chi connectivity index (χ1) is 13.6. The number of nitriles is 1. The van der Waals surface area contributed by atoms with Gasteiger partial charge in [-0.1, -0.05) is 35.4 Å². The summed E-state index contributed by atoms with van der Waals surface area (Å²) in [5.41, 5.74) is 6.28. The molecule has 0 aliphatic carbocycles. The Kier molecular flexibility index (Phi) is 11.0. The van der Waals surface area contributed by atoms with Gasteiger partial charge in [0, 0.05) is 27.6 Å². The third kappa shape index (κ3) is 9.14. The molecule has 1 aliphatic heterocycles. The molecular formula is C22H44N3O2PS2. The van der Waals surface area contributed by atoms with Crippen molar-refractivity contribution in [2.45, 2.75) is 122 Å². The SMILES string of the molecule is CC(C)N(C(C)C)P(OCCC#N)OC1C(CC(C)(C)CC(C)(C)N)SSC1(C)C. The van der Waals surface area contributed by atoms with Crippen molar-refractivity contribution in [1.82, 2.24) is 4.67 Å². The molecule has 30 heavy (non-hydrogen) atoms. The molecule has 0 spiro atoms. The highest BCUT2D eigenvalue weighted by molar-refractivity contribution is 8.77. The summed E-state index contributed by atoms with van der Waals surface area (Å²) in [5.74, 6) is 0. The maximum absolute atomic E-state index is 8.97. The second kappa shape index (κ2) is 11.5. The van der Waals surface area contributed by atoms with Gasteiger partial charge in [0.15, 0.2) is 0 Å². The lowest BCUT2D eigenvalue weighted by atomic mass is 9.76. The van der Waals surface area contributed by atoms with E-state index < -0.39 is 8.53 Å². The van der Waals surface area contributed by atoms with Gasteiger partial charge in [-0.05, 0) is 73.6 Å². The highest BCUT2D eigenvalue weighted by Crippen LogP contribution is 2.60. The fourth-order valence-electron chi connectivity index (χ4n) is 4.31. The van der Waals surface area contributed by atoms with E-state index in [9.17, 15) is 0 Å². The molecule has 0 saturated carbocycles. The lowest BCUT2D eigenvalue weighted by molar-refractivity contribution is 0.101. The molecule has 0 aromatic heterocycles. The average Bonchev–Trinajstić information content (AvgIpc) is 2.79. The van der Waals surface area contributed by atoms with Crippen molar-refractivity contribution in [2.75, 3.05) is 6.61 Å². The number of hydrogen-bond acceptors (Lipinski definition) is 7. The monoisotopic (exact) mass is 477 g/mol. The van der Waals surface area contributed by atoms with Crippen LogP contribution in [0.15, 0.2) is 0 Å². The van der Waals surface area contributed by atoms with Crippen LogP contribution in [-0.4, -0.2) is 45.0 Å². The van der Waals surface area contributed by atoms with Crippen LogP contribution in [0.3, 0.4) is 0 Å². The average molecular weight is 478 g/mol. The van der Waals surface area contributed by atoms with Crippen molar-refractivity contribution in [3.8, 4) is 6.07 Å². The van der Waals surface area contributed by atoms with Crippen LogP contribution in [0, 0.1) is 16.7 Å². The number of rotatable bonds is 12. The molecule has 2 N–H and O–H groups in total. The maximum Gasteiger partial charge on any atom is 0.259 e. The van der Waals surface area contributed by atoms with E-state index in [1.54, 1.807) is 0 Å². The van der Waals surface area contributed by atoms with E-state index >= 15 is 0 Å². The molecule has 5 nitrogen and oxygen atoms in total. The molecule has 1 rings (SSSR count). The Hall–Kier alpha value is 0.460. The summed E-state index contributed by atoms with van der Waals surface area (Å²) < 4.78 is 15.3. The molecule has 0 amide bonds. The fourth-order valence-corrected chi connectivity index (χ4v) is 10.1. The minimum Gasteiger partial charge on any atom is -0.326 e. The molecule has 0 aromatic rings. The van der Waals surface area contributed by atoms with E-state index in [0.717, 1.165) is 12.8 Å². The van der Waals surface area contributed by atoms with E-state index in [2.05, 4.69) is 80.0 Å². The van der Waals surface area contributed by atoms with Crippen molar-refractivity contribution in [3.63, 3.8) is 0 Å². The second-order valence-electron chi connectivity index (χ2n) is 10.9. The van der Waals surface area contributed by atoms with E-state index in [0.29, 0.717) is 30.4 Å². The van der Waals surface area contributed by atoms with Crippen LogP contribution in [0.2, 0.25) is 0 Å². The summed E-state index contributed by atoms with van der Waals surface area (Å²) >= 11 is 0. The molecule has 3 unspecified atom stereocenters. The van der Waals surface area contributed by atoms with Crippen molar-refractivity contribution in [2.24, 2.45) is 11.1 Å². The van der Waals surface area contributed by atoms with E-state index in [-0.39, 0.29) is 21.8 Å². The number of nitrogens with zero attached hydrogens (tertiary/aromatic N) is 2. The summed E-state index contributed by atoms with van der Waals surface area (Å²) in [6.45, 7) is 22.5. The first-order valence-electron chi connectivity index (χ1n) is 11.0. The second-order valence-corrected chi connectivity index (χ2v) is 15.4. The van der Waals surface area contributed by atoms with Gasteiger partial charge in [-0.3, -0.25) is 0 Å². The largest absolute Gasteiger partial charge is 0.326 e. The molecular weight excluding hydrogens is 433 g/mol. The Balaban J connectivity index is 3.08. The van der Waals surface area contributed by atoms with E-state index in [1.807, 2.05) is 21.6 Å². The first kappa shape index (κ1) is 28.5. The zero-order valence-electron chi connectivity index (χ0n) is 20.7. The Labute approximate surface area is 194 Å². The van der Waals surface area contributed by atoms with Gasteiger partial charge in [-0.15, -0.1) is 0 Å². The van der Waals surface area contributed by atoms with Gasteiger partial charge in [-0.25, -0.2) is 4.67 Å². The van der Waals surface area contributed by atoms with Gasteiger partial charge in [-0.2, -0.15) is 5.26 Å². The van der Waals surface area contributed by atoms with Gasteiger partial charge < -0.3 is 14.8 Å². The van der Waals surface area contributed by atoms with Crippen LogP contribution >= 0.6 is 30.1 Å². The lowest BCUT2D eigenvalue weighted by Gasteiger charge is -2.41. The smallest absolute Gasteiger partial charge is 0.259 e. The molecule has 8 heteroatoms. The van der Waals surface area contributed by atoms with Gasteiger partial charge in [0.1, 0.15) is 0 Å². The summed E-state index contributed by atoms with van der Waals surface area (Å²) in [7, 11) is 2.61. The minimum absolute atomic E-state index is 0.0115. The van der Waals surface area contributed by atoms with Crippen LogP contribution in [0.4, 0.5) is 0 Å². The molecule has 1 heterocycles. The maximum atomic E-state index is 8.97. The molecule has 0 radical (unpaired) electrons. The lowest BCUT2D eigenvalue weighted by Crippen LogP contribution is -2.43. The van der Waals surface area contributed by atoms with Crippen molar-refractivity contribution < 1.29 is 9.05 Å². The van der Waals surface area contributed by atoms with E-state index in [4.69, 9.17) is 20.0 Å². The predicted octanol–water partition coefficient (Wildman–Crippen LogP) is 6.73. The zero-order chi connectivity index (χ0) is 23.3. The molecule has 1 aliphatic rings. The zero-order valence-corrected chi connectivity index (χ0v) is 23.2. The van der Waals surface area contributed by atoms with Crippen molar-refractivity contribution >= 4 is 30.1 Å². The molecule has 0 aromatic carbocycles. The minimum atomic E-state index is -1.25. The number of hydrogen-bond donors (Lipinski definition) is 1. The Bertz CT molecular complexity index is 566. The summed E-state index contributed by atoms with van der Waals surface area (Å²) in [4.78, 5) is 0. The normalized spacial score (nSPS) is 23.4. The van der Waals surface area contributed by atoms with Gasteiger partial charge in [0.05, 0.1) is 25.2 Å². The first-order valence-corrected chi connectivity index (χ1v) is 14.3. The molecule has 0 bridgehead atoms. The highest BCUT2D eigenvalue weighted by atomic mass is 33.1. The molecule has 1 fully saturated rings. The third-order valence-electron chi connectivity index (χ3n) is 4.96.